The maximum absolute atomic E-state index is 12.4. The highest BCUT2D eigenvalue weighted by atomic mass is 32.2. The average Bonchev–Trinajstić information content (AvgIpc) is 2.70. The number of amides is 1. The molecule has 29 heavy (non-hydrogen) atoms. The number of nitrogens with one attached hydrogen (secondary N) is 2. The fourth-order valence-corrected chi connectivity index (χ4v) is 3.53. The molecule has 6 heteroatoms. The lowest BCUT2D eigenvalue weighted by Crippen LogP contribution is -2.31. The van der Waals surface area contributed by atoms with Crippen molar-refractivity contribution in [3.05, 3.63) is 90.0 Å². The summed E-state index contributed by atoms with van der Waals surface area (Å²) in [5.74, 6) is -0.203. The number of hydrogen-bond acceptors (Lipinski definition) is 4. The topological polar surface area (TPSA) is 75.3 Å². The van der Waals surface area contributed by atoms with Gasteiger partial charge in [0.1, 0.15) is 6.04 Å². The lowest BCUT2D eigenvalue weighted by Gasteiger charge is -2.16. The summed E-state index contributed by atoms with van der Waals surface area (Å²) in [5, 5.41) is 5.97. The Morgan fingerprint density at radius 2 is 1.38 bits per heavy atom. The molecule has 1 atom stereocenters. The van der Waals surface area contributed by atoms with Crippen LogP contribution in [0.3, 0.4) is 0 Å². The van der Waals surface area contributed by atoms with E-state index in [1.54, 1.807) is 19.1 Å². The van der Waals surface area contributed by atoms with Crippen molar-refractivity contribution in [1.29, 1.82) is 0 Å². The first kappa shape index (κ1) is 20.6. The van der Waals surface area contributed by atoms with Crippen LogP contribution in [-0.2, 0) is 21.1 Å². The van der Waals surface area contributed by atoms with E-state index in [1.165, 1.54) is 23.3 Å². The molecule has 1 unspecified atom stereocenters. The highest BCUT2D eigenvalue weighted by molar-refractivity contribution is 7.90. The van der Waals surface area contributed by atoms with E-state index >= 15 is 0 Å². The first-order chi connectivity index (χ1) is 13.8. The molecule has 0 aliphatic carbocycles. The zero-order valence-corrected chi connectivity index (χ0v) is 17.2. The van der Waals surface area contributed by atoms with Crippen LogP contribution in [0.15, 0.2) is 83.8 Å². The van der Waals surface area contributed by atoms with Gasteiger partial charge in [-0.3, -0.25) is 4.79 Å². The summed E-state index contributed by atoms with van der Waals surface area (Å²) >= 11 is 0. The van der Waals surface area contributed by atoms with Gasteiger partial charge >= 0.3 is 0 Å². The molecule has 0 spiro atoms. The molecule has 0 fully saturated rings. The molecule has 0 aliphatic rings. The van der Waals surface area contributed by atoms with Gasteiger partial charge in [0.2, 0.25) is 5.91 Å². The number of hydrogen-bond donors (Lipinski definition) is 2. The summed E-state index contributed by atoms with van der Waals surface area (Å²) in [6.45, 7) is 1.78. The fraction of sp³-hybridized carbons (Fsp3) is 0.174. The number of benzene rings is 3. The summed E-state index contributed by atoms with van der Waals surface area (Å²) in [5.41, 5.74) is 3.86. The Morgan fingerprint density at radius 3 is 1.97 bits per heavy atom. The van der Waals surface area contributed by atoms with E-state index in [2.05, 4.69) is 22.8 Å². The highest BCUT2D eigenvalue weighted by Gasteiger charge is 2.13. The highest BCUT2D eigenvalue weighted by Crippen LogP contribution is 2.16. The van der Waals surface area contributed by atoms with Gasteiger partial charge in [0.05, 0.1) is 4.90 Å². The molecule has 3 aromatic rings. The summed E-state index contributed by atoms with van der Waals surface area (Å²) in [6, 6.07) is 23.9. The molecule has 3 rings (SSSR count). The largest absolute Gasteiger partial charge is 0.374 e. The average molecular weight is 409 g/mol. The van der Waals surface area contributed by atoms with E-state index in [9.17, 15) is 13.2 Å². The summed E-state index contributed by atoms with van der Waals surface area (Å²) in [4.78, 5) is 12.6. The van der Waals surface area contributed by atoms with Crippen LogP contribution in [-0.4, -0.2) is 26.6 Å². The van der Waals surface area contributed by atoms with Gasteiger partial charge in [0.25, 0.3) is 0 Å². The summed E-state index contributed by atoms with van der Waals surface area (Å²) in [6.07, 6.45) is 2.01. The lowest BCUT2D eigenvalue weighted by atomic mass is 10.0. The molecule has 0 saturated heterocycles. The first-order valence-corrected chi connectivity index (χ1v) is 11.2. The third-order valence-electron chi connectivity index (χ3n) is 4.53. The number of anilines is 2. The Labute approximate surface area is 171 Å². The van der Waals surface area contributed by atoms with Crippen molar-refractivity contribution in [3.63, 3.8) is 0 Å². The van der Waals surface area contributed by atoms with Crippen LogP contribution in [0, 0.1) is 0 Å². The Hall–Kier alpha value is -3.12. The normalized spacial score (nSPS) is 12.2. The predicted molar refractivity (Wildman–Crippen MR) is 117 cm³/mol. The molecule has 1 amide bonds. The van der Waals surface area contributed by atoms with Gasteiger partial charge in [-0.15, -0.1) is 0 Å². The fourth-order valence-electron chi connectivity index (χ4n) is 2.90. The monoisotopic (exact) mass is 408 g/mol. The second-order valence-corrected chi connectivity index (χ2v) is 9.03. The zero-order valence-electron chi connectivity index (χ0n) is 16.4. The van der Waals surface area contributed by atoms with Gasteiger partial charge in [-0.2, -0.15) is 0 Å². The Bertz CT molecular complexity index is 1060. The van der Waals surface area contributed by atoms with Crippen molar-refractivity contribution in [2.24, 2.45) is 0 Å². The number of rotatable bonds is 7. The van der Waals surface area contributed by atoms with E-state index in [4.69, 9.17) is 0 Å². The number of carbonyl (C=O) groups excluding carboxylic acids is 1. The van der Waals surface area contributed by atoms with Crippen molar-refractivity contribution < 1.29 is 13.2 Å². The molecule has 0 aromatic heterocycles. The Balaban J connectivity index is 1.56. The Kier molecular flexibility index (Phi) is 6.34. The second-order valence-electron chi connectivity index (χ2n) is 7.01. The molecule has 0 bridgehead atoms. The first-order valence-electron chi connectivity index (χ1n) is 9.32. The van der Waals surface area contributed by atoms with Crippen LogP contribution in [0.2, 0.25) is 0 Å². The number of sulfone groups is 1. The maximum atomic E-state index is 12.4. The van der Waals surface area contributed by atoms with Crippen LogP contribution in [0.1, 0.15) is 18.1 Å². The number of carbonyl (C=O) groups is 1. The lowest BCUT2D eigenvalue weighted by molar-refractivity contribution is -0.116. The van der Waals surface area contributed by atoms with Crippen molar-refractivity contribution in [2.45, 2.75) is 24.3 Å². The molecule has 0 aliphatic heterocycles. The Morgan fingerprint density at radius 1 is 0.828 bits per heavy atom. The van der Waals surface area contributed by atoms with Crippen LogP contribution < -0.4 is 10.6 Å². The minimum absolute atomic E-state index is 0.203. The molecule has 2 N–H and O–H groups in total. The zero-order chi connectivity index (χ0) is 20.9. The van der Waals surface area contributed by atoms with Crippen LogP contribution >= 0.6 is 0 Å². The van der Waals surface area contributed by atoms with E-state index in [0.717, 1.165) is 18.4 Å². The van der Waals surface area contributed by atoms with Gasteiger partial charge in [-0.25, -0.2) is 8.42 Å². The molecule has 3 aromatic carbocycles. The van der Waals surface area contributed by atoms with Crippen molar-refractivity contribution in [1.82, 2.24) is 0 Å². The van der Waals surface area contributed by atoms with Gasteiger partial charge in [0, 0.05) is 17.6 Å². The molecular formula is C23H24N2O3S. The van der Waals surface area contributed by atoms with Gasteiger partial charge < -0.3 is 10.6 Å². The maximum Gasteiger partial charge on any atom is 0.246 e. The van der Waals surface area contributed by atoms with Gasteiger partial charge in [-0.1, -0.05) is 42.5 Å². The molecule has 0 heterocycles. The van der Waals surface area contributed by atoms with Crippen LogP contribution in [0.5, 0.6) is 0 Å². The minimum Gasteiger partial charge on any atom is -0.374 e. The third kappa shape index (κ3) is 5.93. The van der Waals surface area contributed by atoms with Gasteiger partial charge in [0.15, 0.2) is 9.84 Å². The van der Waals surface area contributed by atoms with Crippen LogP contribution in [0.25, 0.3) is 0 Å². The quantitative estimate of drug-likeness (QED) is 0.617. The third-order valence-corrected chi connectivity index (χ3v) is 5.66. The summed E-state index contributed by atoms with van der Waals surface area (Å²) < 4.78 is 23.0. The van der Waals surface area contributed by atoms with Crippen molar-refractivity contribution in [3.8, 4) is 0 Å². The van der Waals surface area contributed by atoms with Crippen molar-refractivity contribution in [2.75, 3.05) is 16.9 Å². The summed E-state index contributed by atoms with van der Waals surface area (Å²) in [7, 11) is -3.25. The minimum atomic E-state index is -3.25. The molecule has 5 nitrogen and oxygen atoms in total. The smallest absolute Gasteiger partial charge is 0.246 e. The van der Waals surface area contributed by atoms with E-state index < -0.39 is 15.9 Å². The molecule has 150 valence electrons. The standard InChI is InChI=1S/C23H24N2O3S/c1-17(23(26)25-21-12-14-22(15-13-21)29(2,27)28)24-20-10-8-19(9-11-20)16-18-6-4-3-5-7-18/h3-15,17,24H,16H2,1-2H3,(H,25,26). The van der Waals surface area contributed by atoms with E-state index in [-0.39, 0.29) is 10.8 Å². The van der Waals surface area contributed by atoms with Crippen LogP contribution in [0.4, 0.5) is 11.4 Å². The molecule has 0 saturated carbocycles. The molecule has 0 radical (unpaired) electrons. The van der Waals surface area contributed by atoms with Gasteiger partial charge in [-0.05, 0) is 60.9 Å². The van der Waals surface area contributed by atoms with E-state index in [1.807, 2.05) is 42.5 Å². The predicted octanol–water partition coefficient (Wildman–Crippen LogP) is 4.12. The SMILES string of the molecule is CC(Nc1ccc(Cc2ccccc2)cc1)C(=O)Nc1ccc(S(C)(=O)=O)cc1. The van der Waals surface area contributed by atoms with E-state index in [0.29, 0.717) is 5.69 Å². The second kappa shape index (κ2) is 8.92. The van der Waals surface area contributed by atoms with Crippen molar-refractivity contribution >= 4 is 27.1 Å². The molecular weight excluding hydrogens is 384 g/mol.